The van der Waals surface area contributed by atoms with E-state index in [1.807, 2.05) is 24.3 Å². The van der Waals surface area contributed by atoms with Gasteiger partial charge in [-0.3, -0.25) is 4.79 Å². The third kappa shape index (κ3) is 3.62. The highest BCUT2D eigenvalue weighted by Crippen LogP contribution is 2.29. The lowest BCUT2D eigenvalue weighted by molar-refractivity contribution is -0.115. The molecule has 0 atom stereocenters. The van der Waals surface area contributed by atoms with Gasteiger partial charge in [-0.15, -0.1) is 0 Å². The summed E-state index contributed by atoms with van der Waals surface area (Å²) in [5.41, 5.74) is 1.93. The number of hydrogen-bond acceptors (Lipinski definition) is 3. The molecule has 20 heavy (non-hydrogen) atoms. The van der Waals surface area contributed by atoms with Crippen LogP contribution in [0.15, 0.2) is 23.8 Å². The van der Waals surface area contributed by atoms with Gasteiger partial charge in [0.05, 0.1) is 14.2 Å². The van der Waals surface area contributed by atoms with Crippen LogP contribution < -0.4 is 9.47 Å². The van der Waals surface area contributed by atoms with Crippen molar-refractivity contribution < 1.29 is 14.3 Å². The number of carbonyl (C=O) groups excluding carboxylic acids is 1. The fraction of sp³-hybridized carbons (Fsp3) is 0.471. The Bertz CT molecular complexity index is 503. The molecule has 1 aromatic rings. The minimum absolute atomic E-state index is 0.291. The third-order valence-corrected chi connectivity index (χ3v) is 3.71. The molecule has 0 radical (unpaired) electrons. The monoisotopic (exact) mass is 274 g/mol. The molecular weight excluding hydrogens is 252 g/mol. The van der Waals surface area contributed by atoms with E-state index in [1.165, 1.54) is 12.8 Å². The predicted molar refractivity (Wildman–Crippen MR) is 80.2 cm³/mol. The molecule has 1 fully saturated rings. The van der Waals surface area contributed by atoms with Gasteiger partial charge < -0.3 is 9.47 Å². The Kier molecular flexibility index (Phi) is 5.22. The number of hydrogen-bond donors (Lipinski definition) is 0. The Morgan fingerprint density at radius 1 is 0.950 bits per heavy atom. The molecule has 3 nitrogen and oxygen atoms in total. The Hall–Kier alpha value is -1.77. The molecule has 0 amide bonds. The van der Waals surface area contributed by atoms with Crippen LogP contribution in [0.2, 0.25) is 0 Å². The van der Waals surface area contributed by atoms with Gasteiger partial charge in [-0.1, -0.05) is 18.9 Å². The van der Waals surface area contributed by atoms with Crippen LogP contribution in [0, 0.1) is 0 Å². The van der Waals surface area contributed by atoms with Gasteiger partial charge in [-0.2, -0.15) is 0 Å². The van der Waals surface area contributed by atoms with Crippen molar-refractivity contribution in [1.29, 1.82) is 0 Å². The van der Waals surface area contributed by atoms with E-state index in [0.717, 1.165) is 30.4 Å². The first-order valence-corrected chi connectivity index (χ1v) is 7.20. The summed E-state index contributed by atoms with van der Waals surface area (Å²) in [4.78, 5) is 12.1. The molecule has 0 heterocycles. The van der Waals surface area contributed by atoms with Gasteiger partial charge in [0.1, 0.15) is 0 Å². The normalized spacial score (nSPS) is 18.5. The average Bonchev–Trinajstić information content (AvgIpc) is 2.46. The van der Waals surface area contributed by atoms with E-state index < -0.39 is 0 Å². The maximum atomic E-state index is 12.1. The first-order chi connectivity index (χ1) is 9.74. The van der Waals surface area contributed by atoms with E-state index >= 15 is 0 Å². The molecule has 3 heteroatoms. The molecule has 0 unspecified atom stereocenters. The predicted octanol–water partition coefficient (Wildman–Crippen LogP) is 4.01. The summed E-state index contributed by atoms with van der Waals surface area (Å²) in [5.74, 6) is 1.69. The molecule has 1 saturated carbocycles. The molecule has 0 spiro atoms. The number of Topliss-reactive ketones (excluding diaryl/α,β-unsaturated/α-hetero) is 1. The molecule has 108 valence electrons. The molecule has 2 rings (SSSR count). The van der Waals surface area contributed by atoms with Gasteiger partial charge >= 0.3 is 0 Å². The summed E-state index contributed by atoms with van der Waals surface area (Å²) in [6, 6.07) is 5.75. The fourth-order valence-electron chi connectivity index (χ4n) is 2.55. The molecular formula is C17H22O3. The Balaban J connectivity index is 2.25. The number of ether oxygens (including phenoxy) is 2. The second-order valence-corrected chi connectivity index (χ2v) is 5.12. The highest BCUT2D eigenvalue weighted by Gasteiger charge is 2.13. The number of rotatable bonds is 3. The standard InChI is InChI=1S/C17H22O3/c1-19-16-10-9-13(12-17(16)20-2)11-14-7-5-3-4-6-8-15(14)18/h9-12H,3-8H2,1-2H3/b14-11+. The largest absolute Gasteiger partial charge is 0.493 e. The smallest absolute Gasteiger partial charge is 0.161 e. The van der Waals surface area contributed by atoms with E-state index in [9.17, 15) is 4.79 Å². The highest BCUT2D eigenvalue weighted by molar-refractivity contribution is 5.99. The lowest BCUT2D eigenvalue weighted by Gasteiger charge is -2.12. The molecule has 1 aromatic carbocycles. The zero-order valence-electron chi connectivity index (χ0n) is 12.3. The summed E-state index contributed by atoms with van der Waals surface area (Å²) in [6.07, 6.45) is 8.07. The quantitative estimate of drug-likeness (QED) is 0.781. The van der Waals surface area contributed by atoms with Crippen molar-refractivity contribution in [2.75, 3.05) is 14.2 Å². The lowest BCUT2D eigenvalue weighted by Crippen LogP contribution is -2.05. The van der Waals surface area contributed by atoms with Crippen LogP contribution in [0.25, 0.3) is 6.08 Å². The summed E-state index contributed by atoms with van der Waals surface area (Å²) >= 11 is 0. The zero-order valence-corrected chi connectivity index (χ0v) is 12.3. The van der Waals surface area contributed by atoms with Crippen LogP contribution in [-0.2, 0) is 4.79 Å². The van der Waals surface area contributed by atoms with Crippen LogP contribution in [0.3, 0.4) is 0 Å². The number of allylic oxidation sites excluding steroid dienone is 1. The molecule has 0 N–H and O–H groups in total. The van der Waals surface area contributed by atoms with Crippen molar-refractivity contribution in [3.63, 3.8) is 0 Å². The number of ketones is 1. The van der Waals surface area contributed by atoms with Gasteiger partial charge in [-0.25, -0.2) is 0 Å². The van der Waals surface area contributed by atoms with E-state index in [2.05, 4.69) is 0 Å². The third-order valence-electron chi connectivity index (χ3n) is 3.71. The minimum Gasteiger partial charge on any atom is -0.493 e. The second kappa shape index (κ2) is 7.13. The van der Waals surface area contributed by atoms with E-state index in [1.54, 1.807) is 14.2 Å². The van der Waals surface area contributed by atoms with Crippen LogP contribution >= 0.6 is 0 Å². The fourth-order valence-corrected chi connectivity index (χ4v) is 2.55. The molecule has 0 aliphatic heterocycles. The Morgan fingerprint density at radius 3 is 2.35 bits per heavy atom. The maximum Gasteiger partial charge on any atom is 0.161 e. The summed E-state index contributed by atoms with van der Waals surface area (Å²) < 4.78 is 10.5. The van der Waals surface area contributed by atoms with Crippen molar-refractivity contribution in [2.45, 2.75) is 38.5 Å². The molecule has 0 aromatic heterocycles. The van der Waals surface area contributed by atoms with Gasteiger partial charge in [0.25, 0.3) is 0 Å². The van der Waals surface area contributed by atoms with E-state index in [0.29, 0.717) is 23.7 Å². The van der Waals surface area contributed by atoms with Crippen molar-refractivity contribution in [2.24, 2.45) is 0 Å². The zero-order chi connectivity index (χ0) is 14.4. The Labute approximate surface area is 120 Å². The molecule has 1 aliphatic rings. The van der Waals surface area contributed by atoms with Gasteiger partial charge in [0.2, 0.25) is 0 Å². The number of benzene rings is 1. The van der Waals surface area contributed by atoms with E-state index in [4.69, 9.17) is 9.47 Å². The van der Waals surface area contributed by atoms with Crippen molar-refractivity contribution in [3.05, 3.63) is 29.3 Å². The maximum absolute atomic E-state index is 12.1. The summed E-state index contributed by atoms with van der Waals surface area (Å²) in [7, 11) is 3.24. The molecule has 0 bridgehead atoms. The van der Waals surface area contributed by atoms with Crippen LogP contribution in [-0.4, -0.2) is 20.0 Å². The van der Waals surface area contributed by atoms with Crippen LogP contribution in [0.4, 0.5) is 0 Å². The summed E-state index contributed by atoms with van der Waals surface area (Å²) in [5, 5.41) is 0. The topological polar surface area (TPSA) is 35.5 Å². The van der Waals surface area contributed by atoms with Crippen LogP contribution in [0.1, 0.15) is 44.1 Å². The molecule has 0 saturated heterocycles. The van der Waals surface area contributed by atoms with Crippen molar-refractivity contribution in [3.8, 4) is 11.5 Å². The SMILES string of the molecule is COc1ccc(/C=C2\CCCCCCC2=O)cc1OC. The second-order valence-electron chi connectivity index (χ2n) is 5.12. The van der Waals surface area contributed by atoms with Crippen LogP contribution in [0.5, 0.6) is 11.5 Å². The highest BCUT2D eigenvalue weighted by atomic mass is 16.5. The Morgan fingerprint density at radius 2 is 1.65 bits per heavy atom. The number of carbonyl (C=O) groups is 1. The molecule has 1 aliphatic carbocycles. The average molecular weight is 274 g/mol. The summed E-state index contributed by atoms with van der Waals surface area (Å²) in [6.45, 7) is 0. The van der Waals surface area contributed by atoms with Gasteiger partial charge in [0, 0.05) is 6.42 Å². The minimum atomic E-state index is 0.291. The first-order valence-electron chi connectivity index (χ1n) is 7.20. The van der Waals surface area contributed by atoms with Crippen molar-refractivity contribution >= 4 is 11.9 Å². The van der Waals surface area contributed by atoms with Gasteiger partial charge in [-0.05, 0) is 48.6 Å². The first kappa shape index (κ1) is 14.6. The number of methoxy groups -OCH3 is 2. The van der Waals surface area contributed by atoms with E-state index in [-0.39, 0.29) is 0 Å². The van der Waals surface area contributed by atoms with Gasteiger partial charge in [0.15, 0.2) is 17.3 Å². The van der Waals surface area contributed by atoms with Crippen molar-refractivity contribution in [1.82, 2.24) is 0 Å². The lowest BCUT2D eigenvalue weighted by atomic mass is 9.93.